The zero-order chi connectivity index (χ0) is 16.1. The van der Waals surface area contributed by atoms with Crippen molar-refractivity contribution in [1.29, 1.82) is 0 Å². The van der Waals surface area contributed by atoms with Gasteiger partial charge in [0.1, 0.15) is 0 Å². The Kier molecular flexibility index (Phi) is 4.90. The Morgan fingerprint density at radius 3 is 2.91 bits per heavy atom. The molecular weight excluding hydrogens is 290 g/mol. The molecule has 1 aliphatic heterocycles. The molecule has 0 saturated carbocycles. The Bertz CT molecular complexity index is 713. The first kappa shape index (κ1) is 15.5. The SMILES string of the molecule is COCc1ccccc1NC(N)=NCc1ccc2c(c1)COC2. The Balaban J connectivity index is 1.66. The van der Waals surface area contributed by atoms with Crippen LogP contribution in [0.15, 0.2) is 47.5 Å². The number of anilines is 1. The second-order valence-corrected chi connectivity index (χ2v) is 5.51. The number of rotatable bonds is 5. The molecule has 0 radical (unpaired) electrons. The fourth-order valence-electron chi connectivity index (χ4n) is 2.60. The van der Waals surface area contributed by atoms with Crippen molar-refractivity contribution in [1.82, 2.24) is 0 Å². The van der Waals surface area contributed by atoms with E-state index in [0.717, 1.165) is 16.8 Å². The maximum atomic E-state index is 6.00. The predicted molar refractivity (Wildman–Crippen MR) is 91.0 cm³/mol. The molecule has 0 atom stereocenters. The van der Waals surface area contributed by atoms with Crippen LogP contribution in [0, 0.1) is 0 Å². The largest absolute Gasteiger partial charge is 0.380 e. The number of aliphatic imine (C=N–C) groups is 1. The fourth-order valence-corrected chi connectivity index (χ4v) is 2.60. The van der Waals surface area contributed by atoms with Crippen LogP contribution in [0.3, 0.4) is 0 Å². The molecule has 0 aliphatic carbocycles. The number of nitrogens with zero attached hydrogens (tertiary/aromatic N) is 1. The summed E-state index contributed by atoms with van der Waals surface area (Å²) in [4.78, 5) is 4.42. The molecule has 5 heteroatoms. The molecule has 0 spiro atoms. The molecule has 0 saturated heterocycles. The molecule has 1 heterocycles. The Hall–Kier alpha value is -2.37. The van der Waals surface area contributed by atoms with Crippen molar-refractivity contribution >= 4 is 11.6 Å². The van der Waals surface area contributed by atoms with Crippen LogP contribution in [-0.4, -0.2) is 13.1 Å². The molecule has 3 N–H and O–H groups in total. The van der Waals surface area contributed by atoms with Gasteiger partial charge in [-0.2, -0.15) is 0 Å². The van der Waals surface area contributed by atoms with Gasteiger partial charge in [0.05, 0.1) is 26.4 Å². The smallest absolute Gasteiger partial charge is 0.193 e. The molecule has 0 aromatic heterocycles. The first-order valence-corrected chi connectivity index (χ1v) is 7.58. The van der Waals surface area contributed by atoms with E-state index in [1.807, 2.05) is 24.3 Å². The lowest BCUT2D eigenvalue weighted by molar-refractivity contribution is 0.134. The number of nitrogens with two attached hydrogens (primary N) is 1. The quantitative estimate of drug-likeness (QED) is 0.658. The van der Waals surface area contributed by atoms with Crippen molar-refractivity contribution in [3.8, 4) is 0 Å². The number of para-hydroxylation sites is 1. The van der Waals surface area contributed by atoms with E-state index in [1.165, 1.54) is 11.1 Å². The number of nitrogens with one attached hydrogen (secondary N) is 1. The highest BCUT2D eigenvalue weighted by atomic mass is 16.5. The van der Waals surface area contributed by atoms with Crippen molar-refractivity contribution in [2.45, 2.75) is 26.4 Å². The van der Waals surface area contributed by atoms with E-state index in [-0.39, 0.29) is 0 Å². The summed E-state index contributed by atoms with van der Waals surface area (Å²) in [6.45, 7) is 2.46. The molecule has 2 aromatic carbocycles. The Morgan fingerprint density at radius 2 is 2.04 bits per heavy atom. The summed E-state index contributed by atoms with van der Waals surface area (Å²) in [6, 6.07) is 14.2. The van der Waals surface area contributed by atoms with Gasteiger partial charge in [0.25, 0.3) is 0 Å². The third-order valence-electron chi connectivity index (χ3n) is 3.80. The van der Waals surface area contributed by atoms with Gasteiger partial charge in [-0.25, -0.2) is 4.99 Å². The van der Waals surface area contributed by atoms with Gasteiger partial charge >= 0.3 is 0 Å². The van der Waals surface area contributed by atoms with E-state index in [2.05, 4.69) is 28.5 Å². The highest BCUT2D eigenvalue weighted by molar-refractivity contribution is 5.92. The number of methoxy groups -OCH3 is 1. The van der Waals surface area contributed by atoms with Crippen molar-refractivity contribution in [2.24, 2.45) is 10.7 Å². The minimum Gasteiger partial charge on any atom is -0.380 e. The van der Waals surface area contributed by atoms with Crippen LogP contribution in [0.2, 0.25) is 0 Å². The van der Waals surface area contributed by atoms with E-state index in [4.69, 9.17) is 15.2 Å². The second-order valence-electron chi connectivity index (χ2n) is 5.51. The van der Waals surface area contributed by atoms with Crippen molar-refractivity contribution in [3.63, 3.8) is 0 Å². The van der Waals surface area contributed by atoms with Crippen molar-refractivity contribution in [2.75, 3.05) is 12.4 Å². The lowest BCUT2D eigenvalue weighted by atomic mass is 10.1. The van der Waals surface area contributed by atoms with E-state index in [0.29, 0.717) is 32.3 Å². The van der Waals surface area contributed by atoms with Gasteiger partial charge in [0, 0.05) is 18.4 Å². The number of guanidine groups is 1. The van der Waals surface area contributed by atoms with Crippen LogP contribution >= 0.6 is 0 Å². The fraction of sp³-hybridized carbons (Fsp3) is 0.278. The van der Waals surface area contributed by atoms with Gasteiger partial charge in [0.2, 0.25) is 0 Å². The Labute approximate surface area is 136 Å². The van der Waals surface area contributed by atoms with Crippen LogP contribution in [0.25, 0.3) is 0 Å². The summed E-state index contributed by atoms with van der Waals surface area (Å²) in [5.41, 5.74) is 11.6. The normalized spacial score (nSPS) is 13.9. The number of hydrogen-bond donors (Lipinski definition) is 2. The van der Waals surface area contributed by atoms with Gasteiger partial charge in [-0.1, -0.05) is 36.4 Å². The monoisotopic (exact) mass is 311 g/mol. The zero-order valence-electron chi connectivity index (χ0n) is 13.2. The molecule has 23 heavy (non-hydrogen) atoms. The molecular formula is C18H21N3O2. The van der Waals surface area contributed by atoms with E-state index >= 15 is 0 Å². The molecule has 3 rings (SSSR count). The molecule has 0 unspecified atom stereocenters. The first-order valence-electron chi connectivity index (χ1n) is 7.58. The highest BCUT2D eigenvalue weighted by Gasteiger charge is 2.11. The van der Waals surface area contributed by atoms with Gasteiger partial charge in [-0.15, -0.1) is 0 Å². The van der Waals surface area contributed by atoms with Crippen LogP contribution in [0.1, 0.15) is 22.3 Å². The lowest BCUT2D eigenvalue weighted by Crippen LogP contribution is -2.23. The topological polar surface area (TPSA) is 68.9 Å². The summed E-state index contributed by atoms with van der Waals surface area (Å²) in [7, 11) is 1.67. The van der Waals surface area contributed by atoms with Crippen LogP contribution in [0.5, 0.6) is 0 Å². The lowest BCUT2D eigenvalue weighted by Gasteiger charge is -2.11. The summed E-state index contributed by atoms with van der Waals surface area (Å²) in [5.74, 6) is 0.394. The molecule has 0 amide bonds. The van der Waals surface area contributed by atoms with Crippen molar-refractivity contribution < 1.29 is 9.47 Å². The zero-order valence-corrected chi connectivity index (χ0v) is 13.2. The van der Waals surface area contributed by atoms with E-state index < -0.39 is 0 Å². The van der Waals surface area contributed by atoms with Gasteiger partial charge in [-0.3, -0.25) is 0 Å². The number of benzene rings is 2. The summed E-state index contributed by atoms with van der Waals surface area (Å²) >= 11 is 0. The molecule has 0 fully saturated rings. The average Bonchev–Trinajstić information content (AvgIpc) is 3.03. The number of hydrogen-bond acceptors (Lipinski definition) is 3. The van der Waals surface area contributed by atoms with Gasteiger partial charge in [-0.05, 0) is 22.8 Å². The first-order chi connectivity index (χ1) is 11.3. The van der Waals surface area contributed by atoms with E-state index in [9.17, 15) is 0 Å². The highest BCUT2D eigenvalue weighted by Crippen LogP contribution is 2.21. The standard InChI is InChI=1S/C18H21N3O2/c1-22-10-15-4-2-3-5-17(15)21-18(19)20-9-13-6-7-14-11-23-12-16(14)8-13/h2-8H,9-12H2,1H3,(H3,19,20,21). The number of ether oxygens (including phenoxy) is 2. The number of fused-ring (bicyclic) bond motifs is 1. The summed E-state index contributed by atoms with van der Waals surface area (Å²) in [6.07, 6.45) is 0. The van der Waals surface area contributed by atoms with Crippen LogP contribution < -0.4 is 11.1 Å². The average molecular weight is 311 g/mol. The third kappa shape index (κ3) is 3.88. The summed E-state index contributed by atoms with van der Waals surface area (Å²) < 4.78 is 10.6. The van der Waals surface area contributed by atoms with Crippen molar-refractivity contribution in [3.05, 3.63) is 64.7 Å². The maximum Gasteiger partial charge on any atom is 0.193 e. The third-order valence-corrected chi connectivity index (χ3v) is 3.80. The molecule has 5 nitrogen and oxygen atoms in total. The van der Waals surface area contributed by atoms with Gasteiger partial charge < -0.3 is 20.5 Å². The molecule has 0 bridgehead atoms. The van der Waals surface area contributed by atoms with Crippen LogP contribution in [-0.2, 0) is 35.8 Å². The maximum absolute atomic E-state index is 6.00. The molecule has 2 aromatic rings. The molecule has 120 valence electrons. The van der Waals surface area contributed by atoms with Gasteiger partial charge in [0.15, 0.2) is 5.96 Å². The van der Waals surface area contributed by atoms with Crippen LogP contribution in [0.4, 0.5) is 5.69 Å². The molecule has 1 aliphatic rings. The minimum absolute atomic E-state index is 0.394. The predicted octanol–water partition coefficient (Wildman–Crippen LogP) is 2.79. The minimum atomic E-state index is 0.394. The summed E-state index contributed by atoms with van der Waals surface area (Å²) in [5, 5.41) is 3.14. The van der Waals surface area contributed by atoms with E-state index in [1.54, 1.807) is 7.11 Å². The Morgan fingerprint density at radius 1 is 1.22 bits per heavy atom. The second kappa shape index (κ2) is 7.26.